The summed E-state index contributed by atoms with van der Waals surface area (Å²) in [5, 5.41) is 10.3. The van der Waals surface area contributed by atoms with E-state index in [0.29, 0.717) is 12.5 Å². The Morgan fingerprint density at radius 1 is 1.28 bits per heavy atom. The van der Waals surface area contributed by atoms with Crippen LogP contribution in [0.2, 0.25) is 0 Å². The fraction of sp³-hybridized carbons (Fsp3) is 0.600. The van der Waals surface area contributed by atoms with Crippen LogP contribution in [0.15, 0.2) is 24.3 Å². The zero-order valence-corrected chi connectivity index (χ0v) is 11.6. The van der Waals surface area contributed by atoms with E-state index in [4.69, 9.17) is 10.5 Å². The lowest BCUT2D eigenvalue weighted by Crippen LogP contribution is -2.27. The van der Waals surface area contributed by atoms with Crippen LogP contribution < -0.4 is 10.5 Å². The molecule has 1 rings (SSSR count). The summed E-state index contributed by atoms with van der Waals surface area (Å²) in [5.41, 5.74) is 6.88. The predicted octanol–water partition coefficient (Wildman–Crippen LogP) is 2.53. The maximum atomic E-state index is 10.3. The highest BCUT2D eigenvalue weighted by molar-refractivity contribution is 5.30. The number of nitrogens with two attached hydrogens (primary N) is 1. The Bertz CT molecular complexity index is 337. The van der Waals surface area contributed by atoms with Crippen molar-refractivity contribution in [2.45, 2.75) is 38.7 Å². The van der Waals surface area contributed by atoms with E-state index in [1.54, 1.807) is 7.11 Å². The predicted molar refractivity (Wildman–Crippen MR) is 74.9 cm³/mol. The second kappa shape index (κ2) is 7.39. The Balaban J connectivity index is 2.74. The molecule has 3 heteroatoms. The first-order valence-corrected chi connectivity index (χ1v) is 6.64. The normalized spacial score (nSPS) is 16.1. The maximum Gasteiger partial charge on any atom is 0.118 e. The molecule has 0 spiro atoms. The van der Waals surface area contributed by atoms with E-state index in [1.165, 1.54) is 0 Å². The van der Waals surface area contributed by atoms with Gasteiger partial charge >= 0.3 is 0 Å². The maximum absolute atomic E-state index is 10.3. The van der Waals surface area contributed by atoms with E-state index in [9.17, 15) is 5.11 Å². The highest BCUT2D eigenvalue weighted by Gasteiger charge is 2.21. The summed E-state index contributed by atoms with van der Waals surface area (Å²) in [4.78, 5) is 0. The molecule has 0 amide bonds. The summed E-state index contributed by atoms with van der Waals surface area (Å²) in [6.45, 7) is 4.76. The average molecular weight is 251 g/mol. The summed E-state index contributed by atoms with van der Waals surface area (Å²) in [6.07, 6.45) is 1.50. The average Bonchev–Trinajstić information content (AvgIpc) is 2.40. The molecule has 0 radical (unpaired) electrons. The highest BCUT2D eigenvalue weighted by atomic mass is 16.5. The van der Waals surface area contributed by atoms with E-state index in [1.807, 2.05) is 24.3 Å². The number of benzene rings is 1. The summed E-state index contributed by atoms with van der Waals surface area (Å²) in [7, 11) is 1.65. The van der Waals surface area contributed by atoms with Gasteiger partial charge in [0.2, 0.25) is 0 Å². The number of hydrogen-bond donors (Lipinski definition) is 2. The van der Waals surface area contributed by atoms with Gasteiger partial charge in [0.15, 0.2) is 0 Å². The van der Waals surface area contributed by atoms with Crippen LogP contribution in [0.5, 0.6) is 5.75 Å². The molecular formula is C15H25NO2. The van der Waals surface area contributed by atoms with Crippen LogP contribution in [-0.2, 0) is 0 Å². The molecule has 3 N–H and O–H groups in total. The molecule has 1 aromatic carbocycles. The molecule has 3 unspecified atom stereocenters. The topological polar surface area (TPSA) is 55.5 Å². The lowest BCUT2D eigenvalue weighted by Gasteiger charge is -2.24. The standard InChI is InChI=1S/C15H25NO2/c1-4-11(2)9-15(17)14(10-16)12-5-7-13(18-3)8-6-12/h5-8,11,14-15,17H,4,9-10,16H2,1-3H3. The molecule has 1 aromatic rings. The first-order chi connectivity index (χ1) is 8.62. The van der Waals surface area contributed by atoms with Gasteiger partial charge in [-0.05, 0) is 30.0 Å². The van der Waals surface area contributed by atoms with Gasteiger partial charge in [0, 0.05) is 12.5 Å². The number of aliphatic hydroxyl groups is 1. The summed E-state index contributed by atoms with van der Waals surface area (Å²) in [5.74, 6) is 1.35. The minimum atomic E-state index is -0.377. The molecule has 18 heavy (non-hydrogen) atoms. The molecular weight excluding hydrogens is 226 g/mol. The number of aliphatic hydroxyl groups excluding tert-OH is 1. The van der Waals surface area contributed by atoms with E-state index in [2.05, 4.69) is 13.8 Å². The van der Waals surface area contributed by atoms with Gasteiger partial charge in [-0.3, -0.25) is 0 Å². The Labute approximate surface area is 110 Å². The molecule has 0 aliphatic heterocycles. The fourth-order valence-electron chi connectivity index (χ4n) is 2.11. The molecule has 0 fully saturated rings. The third-order valence-electron chi connectivity index (χ3n) is 3.60. The minimum absolute atomic E-state index is 0.00454. The van der Waals surface area contributed by atoms with Crippen molar-refractivity contribution >= 4 is 0 Å². The van der Waals surface area contributed by atoms with Crippen LogP contribution in [0.25, 0.3) is 0 Å². The quantitative estimate of drug-likeness (QED) is 0.783. The summed E-state index contributed by atoms with van der Waals surface area (Å²) in [6, 6.07) is 7.79. The van der Waals surface area contributed by atoms with E-state index < -0.39 is 0 Å². The van der Waals surface area contributed by atoms with Crippen molar-refractivity contribution in [3.05, 3.63) is 29.8 Å². The van der Waals surface area contributed by atoms with Crippen molar-refractivity contribution in [1.82, 2.24) is 0 Å². The second-order valence-corrected chi connectivity index (χ2v) is 4.93. The number of hydrogen-bond acceptors (Lipinski definition) is 3. The van der Waals surface area contributed by atoms with Crippen molar-refractivity contribution in [2.75, 3.05) is 13.7 Å². The molecule has 0 saturated heterocycles. The molecule has 3 nitrogen and oxygen atoms in total. The van der Waals surface area contributed by atoms with Crippen molar-refractivity contribution < 1.29 is 9.84 Å². The Hall–Kier alpha value is -1.06. The van der Waals surface area contributed by atoms with Crippen LogP contribution in [-0.4, -0.2) is 24.9 Å². The Morgan fingerprint density at radius 3 is 2.33 bits per heavy atom. The van der Waals surface area contributed by atoms with Gasteiger partial charge in [0.05, 0.1) is 13.2 Å². The van der Waals surface area contributed by atoms with E-state index in [-0.39, 0.29) is 12.0 Å². The first-order valence-electron chi connectivity index (χ1n) is 6.64. The summed E-state index contributed by atoms with van der Waals surface area (Å²) < 4.78 is 5.13. The smallest absolute Gasteiger partial charge is 0.118 e. The van der Waals surface area contributed by atoms with Crippen LogP contribution in [0, 0.1) is 5.92 Å². The summed E-state index contributed by atoms with van der Waals surface area (Å²) >= 11 is 0. The van der Waals surface area contributed by atoms with Crippen LogP contribution in [0.3, 0.4) is 0 Å². The number of rotatable bonds is 7. The largest absolute Gasteiger partial charge is 0.497 e. The number of ether oxygens (including phenoxy) is 1. The molecule has 0 bridgehead atoms. The van der Waals surface area contributed by atoms with E-state index >= 15 is 0 Å². The zero-order chi connectivity index (χ0) is 13.5. The van der Waals surface area contributed by atoms with Gasteiger partial charge in [-0.1, -0.05) is 32.4 Å². The van der Waals surface area contributed by atoms with Gasteiger partial charge in [-0.15, -0.1) is 0 Å². The third-order valence-corrected chi connectivity index (χ3v) is 3.60. The van der Waals surface area contributed by atoms with E-state index in [0.717, 1.165) is 24.2 Å². The van der Waals surface area contributed by atoms with Gasteiger partial charge in [0.25, 0.3) is 0 Å². The lowest BCUT2D eigenvalue weighted by atomic mass is 9.87. The monoisotopic (exact) mass is 251 g/mol. The Morgan fingerprint density at radius 2 is 1.89 bits per heavy atom. The van der Waals surface area contributed by atoms with Gasteiger partial charge in [0.1, 0.15) is 5.75 Å². The molecule has 0 aromatic heterocycles. The fourth-order valence-corrected chi connectivity index (χ4v) is 2.11. The van der Waals surface area contributed by atoms with Crippen molar-refractivity contribution in [3.63, 3.8) is 0 Å². The lowest BCUT2D eigenvalue weighted by molar-refractivity contribution is 0.118. The number of methoxy groups -OCH3 is 1. The molecule has 3 atom stereocenters. The van der Waals surface area contributed by atoms with Crippen molar-refractivity contribution in [1.29, 1.82) is 0 Å². The first kappa shape index (κ1) is 15.0. The van der Waals surface area contributed by atoms with Crippen LogP contribution in [0.4, 0.5) is 0 Å². The zero-order valence-electron chi connectivity index (χ0n) is 11.6. The van der Waals surface area contributed by atoms with Crippen molar-refractivity contribution in [2.24, 2.45) is 11.7 Å². The SMILES string of the molecule is CCC(C)CC(O)C(CN)c1ccc(OC)cc1. The molecule has 102 valence electrons. The van der Waals surface area contributed by atoms with Crippen LogP contribution in [0.1, 0.15) is 38.2 Å². The highest BCUT2D eigenvalue weighted by Crippen LogP contribution is 2.25. The minimum Gasteiger partial charge on any atom is -0.497 e. The van der Waals surface area contributed by atoms with Crippen molar-refractivity contribution in [3.8, 4) is 5.75 Å². The van der Waals surface area contributed by atoms with Gasteiger partial charge in [-0.2, -0.15) is 0 Å². The second-order valence-electron chi connectivity index (χ2n) is 4.93. The van der Waals surface area contributed by atoms with Crippen LogP contribution >= 0.6 is 0 Å². The Kier molecular flexibility index (Phi) is 6.16. The molecule has 0 saturated carbocycles. The molecule has 0 aliphatic rings. The molecule has 0 aliphatic carbocycles. The molecule has 0 heterocycles. The van der Waals surface area contributed by atoms with Gasteiger partial charge < -0.3 is 15.6 Å². The third kappa shape index (κ3) is 4.00. The van der Waals surface area contributed by atoms with Gasteiger partial charge in [-0.25, -0.2) is 0 Å².